The average molecular weight is 318 g/mol. The highest BCUT2D eigenvalue weighted by atomic mass is 32.1. The highest BCUT2D eigenvalue weighted by Crippen LogP contribution is 2.18. The van der Waals surface area contributed by atoms with Crippen LogP contribution in [-0.4, -0.2) is 22.8 Å². The second-order valence-corrected chi connectivity index (χ2v) is 6.12. The van der Waals surface area contributed by atoms with Gasteiger partial charge in [-0.3, -0.25) is 9.59 Å². The SMILES string of the molecule is CC(=O)c1ccc(C(=O)NCc2cccnc2OC(C)C)s1. The van der Waals surface area contributed by atoms with E-state index in [-0.39, 0.29) is 17.8 Å². The van der Waals surface area contributed by atoms with Gasteiger partial charge in [0, 0.05) is 18.3 Å². The number of thiophene rings is 1. The van der Waals surface area contributed by atoms with Crippen LogP contribution in [-0.2, 0) is 6.54 Å². The van der Waals surface area contributed by atoms with Crippen molar-refractivity contribution >= 4 is 23.0 Å². The topological polar surface area (TPSA) is 68.3 Å². The minimum atomic E-state index is -0.211. The van der Waals surface area contributed by atoms with E-state index in [1.54, 1.807) is 24.4 Å². The predicted molar refractivity (Wildman–Crippen MR) is 85.5 cm³/mol. The Balaban J connectivity index is 2.03. The molecule has 1 amide bonds. The van der Waals surface area contributed by atoms with Crippen LogP contribution in [0.1, 0.15) is 45.7 Å². The first-order chi connectivity index (χ1) is 10.5. The van der Waals surface area contributed by atoms with E-state index in [1.165, 1.54) is 18.3 Å². The van der Waals surface area contributed by atoms with Gasteiger partial charge in [-0.25, -0.2) is 4.98 Å². The summed E-state index contributed by atoms with van der Waals surface area (Å²) >= 11 is 1.19. The molecule has 0 radical (unpaired) electrons. The molecule has 0 unspecified atom stereocenters. The number of aromatic nitrogens is 1. The van der Waals surface area contributed by atoms with Gasteiger partial charge in [0.2, 0.25) is 5.88 Å². The lowest BCUT2D eigenvalue weighted by molar-refractivity contribution is 0.0953. The molecule has 116 valence electrons. The van der Waals surface area contributed by atoms with E-state index in [2.05, 4.69) is 10.3 Å². The number of nitrogens with one attached hydrogen (secondary N) is 1. The van der Waals surface area contributed by atoms with Crippen molar-refractivity contribution in [1.29, 1.82) is 0 Å². The Labute approximate surface area is 133 Å². The number of nitrogens with zero attached hydrogens (tertiary/aromatic N) is 1. The average Bonchev–Trinajstić information content (AvgIpc) is 2.95. The van der Waals surface area contributed by atoms with Crippen molar-refractivity contribution in [3.8, 4) is 5.88 Å². The molecular formula is C16H18N2O3S. The summed E-state index contributed by atoms with van der Waals surface area (Å²) in [6, 6.07) is 6.99. The van der Waals surface area contributed by atoms with Gasteiger partial charge in [0.15, 0.2) is 5.78 Å². The van der Waals surface area contributed by atoms with Crippen molar-refractivity contribution in [2.45, 2.75) is 33.4 Å². The summed E-state index contributed by atoms with van der Waals surface area (Å²) < 4.78 is 5.61. The Morgan fingerprint density at radius 2 is 2.00 bits per heavy atom. The van der Waals surface area contributed by atoms with E-state index in [4.69, 9.17) is 4.74 Å². The van der Waals surface area contributed by atoms with Crippen LogP contribution in [0.15, 0.2) is 30.5 Å². The van der Waals surface area contributed by atoms with E-state index in [9.17, 15) is 9.59 Å². The zero-order valence-corrected chi connectivity index (χ0v) is 13.6. The first-order valence-corrected chi connectivity index (χ1v) is 7.78. The molecular weight excluding hydrogens is 300 g/mol. The van der Waals surface area contributed by atoms with Gasteiger partial charge >= 0.3 is 0 Å². The standard InChI is InChI=1S/C16H18N2O3S/c1-10(2)21-16-12(5-4-8-17-16)9-18-15(20)14-7-6-13(22-14)11(3)19/h4-8,10H,9H2,1-3H3,(H,18,20). The van der Waals surface area contributed by atoms with E-state index >= 15 is 0 Å². The van der Waals surface area contributed by atoms with Gasteiger partial charge in [0.1, 0.15) is 0 Å². The Morgan fingerprint density at radius 3 is 2.64 bits per heavy atom. The maximum Gasteiger partial charge on any atom is 0.261 e. The summed E-state index contributed by atoms with van der Waals surface area (Å²) in [7, 11) is 0. The highest BCUT2D eigenvalue weighted by Gasteiger charge is 2.13. The molecule has 0 atom stereocenters. The molecule has 1 N–H and O–H groups in total. The second kappa shape index (κ2) is 7.17. The molecule has 0 aliphatic rings. The molecule has 2 heterocycles. The first kappa shape index (κ1) is 16.2. The quantitative estimate of drug-likeness (QED) is 0.831. The summed E-state index contributed by atoms with van der Waals surface area (Å²) in [6.07, 6.45) is 1.67. The van der Waals surface area contributed by atoms with Crippen molar-refractivity contribution in [1.82, 2.24) is 10.3 Å². The number of pyridine rings is 1. The van der Waals surface area contributed by atoms with Crippen LogP contribution in [0.5, 0.6) is 5.88 Å². The van der Waals surface area contributed by atoms with Crippen LogP contribution in [0.25, 0.3) is 0 Å². The molecule has 2 aromatic heterocycles. The highest BCUT2D eigenvalue weighted by molar-refractivity contribution is 7.15. The smallest absolute Gasteiger partial charge is 0.261 e. The van der Waals surface area contributed by atoms with E-state index < -0.39 is 0 Å². The fourth-order valence-corrected chi connectivity index (χ4v) is 2.62. The summed E-state index contributed by atoms with van der Waals surface area (Å²) in [6.45, 7) is 5.65. The van der Waals surface area contributed by atoms with Crippen molar-refractivity contribution in [2.24, 2.45) is 0 Å². The van der Waals surface area contributed by atoms with Crippen LogP contribution < -0.4 is 10.1 Å². The predicted octanol–water partition coefficient (Wildman–Crippen LogP) is 3.06. The van der Waals surface area contributed by atoms with Crippen LogP contribution in [0.3, 0.4) is 0 Å². The molecule has 0 aliphatic carbocycles. The lowest BCUT2D eigenvalue weighted by Crippen LogP contribution is -2.22. The van der Waals surface area contributed by atoms with Crippen molar-refractivity contribution in [3.05, 3.63) is 45.8 Å². The molecule has 2 aromatic rings. The van der Waals surface area contributed by atoms with Crippen LogP contribution in [0.4, 0.5) is 0 Å². The summed E-state index contributed by atoms with van der Waals surface area (Å²) in [5, 5.41) is 2.82. The molecule has 0 spiro atoms. The van der Waals surface area contributed by atoms with Gasteiger partial charge in [-0.1, -0.05) is 6.07 Å². The molecule has 0 saturated carbocycles. The minimum absolute atomic E-state index is 0.0137. The molecule has 0 fully saturated rings. The monoisotopic (exact) mass is 318 g/mol. The Morgan fingerprint density at radius 1 is 1.27 bits per heavy atom. The third-order valence-electron chi connectivity index (χ3n) is 2.81. The number of rotatable bonds is 6. The summed E-state index contributed by atoms with van der Waals surface area (Å²) in [5.41, 5.74) is 0.813. The number of hydrogen-bond donors (Lipinski definition) is 1. The maximum atomic E-state index is 12.1. The minimum Gasteiger partial charge on any atom is -0.475 e. The second-order valence-electron chi connectivity index (χ2n) is 5.04. The zero-order chi connectivity index (χ0) is 16.1. The maximum absolute atomic E-state index is 12.1. The number of ketones is 1. The van der Waals surface area contributed by atoms with E-state index in [1.807, 2.05) is 19.9 Å². The van der Waals surface area contributed by atoms with Crippen LogP contribution in [0, 0.1) is 0 Å². The molecule has 2 rings (SSSR count). The lowest BCUT2D eigenvalue weighted by Gasteiger charge is -2.13. The molecule has 5 nitrogen and oxygen atoms in total. The Bertz CT molecular complexity index is 680. The number of Topliss-reactive ketones (excluding diaryl/α,β-unsaturated/α-hetero) is 1. The third-order valence-corrected chi connectivity index (χ3v) is 4.00. The lowest BCUT2D eigenvalue weighted by atomic mass is 10.2. The molecule has 22 heavy (non-hydrogen) atoms. The normalized spacial score (nSPS) is 10.5. The van der Waals surface area contributed by atoms with Gasteiger partial charge in [-0.2, -0.15) is 0 Å². The van der Waals surface area contributed by atoms with Crippen molar-refractivity contribution in [2.75, 3.05) is 0 Å². The van der Waals surface area contributed by atoms with Crippen LogP contribution in [0.2, 0.25) is 0 Å². The third kappa shape index (κ3) is 4.14. The number of ether oxygens (including phenoxy) is 1. The fourth-order valence-electron chi connectivity index (χ4n) is 1.80. The van der Waals surface area contributed by atoms with Gasteiger partial charge < -0.3 is 10.1 Å². The van der Waals surface area contributed by atoms with Crippen molar-refractivity contribution < 1.29 is 14.3 Å². The van der Waals surface area contributed by atoms with Gasteiger partial charge in [0.25, 0.3) is 5.91 Å². The summed E-state index contributed by atoms with van der Waals surface area (Å²) in [4.78, 5) is 28.7. The van der Waals surface area contributed by atoms with Gasteiger partial charge in [-0.15, -0.1) is 11.3 Å². The number of amides is 1. The van der Waals surface area contributed by atoms with Crippen molar-refractivity contribution in [3.63, 3.8) is 0 Å². The van der Waals surface area contributed by atoms with Gasteiger partial charge in [-0.05, 0) is 39.0 Å². The fraction of sp³-hybridized carbons (Fsp3) is 0.312. The number of carbonyl (C=O) groups excluding carboxylic acids is 2. The molecule has 0 aromatic carbocycles. The molecule has 0 saturated heterocycles. The molecule has 6 heteroatoms. The van der Waals surface area contributed by atoms with Gasteiger partial charge in [0.05, 0.1) is 15.9 Å². The number of hydrogen-bond acceptors (Lipinski definition) is 5. The first-order valence-electron chi connectivity index (χ1n) is 6.97. The van der Waals surface area contributed by atoms with E-state index in [0.29, 0.717) is 22.2 Å². The molecule has 0 bridgehead atoms. The summed E-state index contributed by atoms with van der Waals surface area (Å²) in [5.74, 6) is 0.272. The zero-order valence-electron chi connectivity index (χ0n) is 12.8. The Kier molecular flexibility index (Phi) is 5.27. The largest absolute Gasteiger partial charge is 0.475 e. The molecule has 0 aliphatic heterocycles. The van der Waals surface area contributed by atoms with Crippen LogP contribution >= 0.6 is 11.3 Å². The Hall–Kier alpha value is -2.21. The number of carbonyl (C=O) groups is 2. The van der Waals surface area contributed by atoms with E-state index in [0.717, 1.165) is 5.56 Å².